The van der Waals surface area contributed by atoms with Crippen molar-refractivity contribution in [3.05, 3.63) is 0 Å². The van der Waals surface area contributed by atoms with E-state index in [1.807, 2.05) is 13.8 Å². The first kappa shape index (κ1) is 15.4. The summed E-state index contributed by atoms with van der Waals surface area (Å²) >= 11 is 0. The molecule has 1 heterocycles. The van der Waals surface area contributed by atoms with Gasteiger partial charge in [0.2, 0.25) is 5.91 Å². The number of hydrogen-bond donors (Lipinski definition) is 2. The molecule has 1 atom stereocenters. The van der Waals surface area contributed by atoms with Gasteiger partial charge in [0.1, 0.15) is 12.3 Å². The van der Waals surface area contributed by atoms with Crippen LogP contribution in [-0.4, -0.2) is 40.8 Å². The van der Waals surface area contributed by atoms with E-state index in [0.717, 1.165) is 5.75 Å². The minimum absolute atomic E-state index is 0.0609. The molecular weight excluding hydrogens is 274 g/mol. The first-order valence-corrected chi connectivity index (χ1v) is 8.09. The van der Waals surface area contributed by atoms with Gasteiger partial charge in [0.05, 0.1) is 5.92 Å². The maximum Gasteiger partial charge on any atom is 0.322 e. The Morgan fingerprint density at radius 1 is 1.44 bits per heavy atom. The lowest BCUT2D eigenvalue weighted by atomic mass is 9.85. The molecule has 0 aliphatic carbocycles. The van der Waals surface area contributed by atoms with Gasteiger partial charge in [-0.05, 0) is 0 Å². The van der Waals surface area contributed by atoms with Crippen LogP contribution in [0, 0.1) is 11.3 Å². The van der Waals surface area contributed by atoms with Crippen molar-refractivity contribution in [2.45, 2.75) is 20.3 Å². The average molecular weight is 291 g/mol. The summed E-state index contributed by atoms with van der Waals surface area (Å²) in [5.41, 5.74) is -0.427. The number of amides is 1. The molecule has 0 radical (unpaired) electrons. The molecule has 7 heteroatoms. The minimum Gasteiger partial charge on any atom is -0.480 e. The van der Waals surface area contributed by atoms with E-state index in [2.05, 4.69) is 5.32 Å². The van der Waals surface area contributed by atoms with Gasteiger partial charge in [0.15, 0.2) is 0 Å². The summed E-state index contributed by atoms with van der Waals surface area (Å²) in [6.07, 6.45) is 0.187. The fraction of sp³-hybridized carbons (Fsp3) is 0.727. The molecule has 0 spiro atoms. The van der Waals surface area contributed by atoms with E-state index in [9.17, 15) is 14.4 Å². The van der Waals surface area contributed by atoms with Crippen molar-refractivity contribution in [2.75, 3.05) is 18.1 Å². The highest BCUT2D eigenvalue weighted by Crippen LogP contribution is 2.37. The quantitative estimate of drug-likeness (QED) is 0.760. The normalized spacial score (nSPS) is 23.9. The molecule has 0 aromatic carbocycles. The molecule has 102 valence electrons. The van der Waals surface area contributed by atoms with Crippen LogP contribution in [0.3, 0.4) is 0 Å². The van der Waals surface area contributed by atoms with Gasteiger partial charge in [-0.1, -0.05) is 35.4 Å². The third-order valence-electron chi connectivity index (χ3n) is 2.74. The van der Waals surface area contributed by atoms with Crippen LogP contribution in [0.25, 0.3) is 0 Å². The molecular formula is C11H17NO4S2. The summed E-state index contributed by atoms with van der Waals surface area (Å²) in [5.74, 6) is -0.531. The molecule has 1 unspecified atom stereocenters. The standard InChI is InChI=1S/C11H17NO4S2/c1-11(2)6-18-17-5-7(3-8(11)13)10(16)12-4-9(14)15/h7H,3-6H2,1-2H3,(H,12,16)(H,14,15). The predicted octanol–water partition coefficient (Wildman–Crippen LogP) is 1.18. The van der Waals surface area contributed by atoms with Gasteiger partial charge in [-0.15, -0.1) is 0 Å². The molecule has 0 aromatic rings. The third-order valence-corrected chi connectivity index (χ3v) is 5.55. The van der Waals surface area contributed by atoms with E-state index in [1.165, 1.54) is 0 Å². The lowest BCUT2D eigenvalue weighted by molar-refractivity contribution is -0.138. The second-order valence-corrected chi connectivity index (χ2v) is 7.37. The third kappa shape index (κ3) is 4.53. The summed E-state index contributed by atoms with van der Waals surface area (Å²) in [7, 11) is 3.15. The first-order valence-electron chi connectivity index (χ1n) is 5.60. The highest BCUT2D eigenvalue weighted by Gasteiger charge is 2.34. The number of carboxylic acid groups (broad SMARTS) is 1. The van der Waals surface area contributed by atoms with Crippen molar-refractivity contribution >= 4 is 39.2 Å². The summed E-state index contributed by atoms with van der Waals surface area (Å²) in [4.78, 5) is 34.2. The van der Waals surface area contributed by atoms with Crippen LogP contribution in [0.1, 0.15) is 20.3 Å². The van der Waals surface area contributed by atoms with Gasteiger partial charge >= 0.3 is 5.97 Å². The second-order valence-electron chi connectivity index (χ2n) is 4.87. The smallest absolute Gasteiger partial charge is 0.322 e. The molecule has 1 fully saturated rings. The van der Waals surface area contributed by atoms with Crippen LogP contribution in [-0.2, 0) is 14.4 Å². The SMILES string of the molecule is CC1(C)CSSCC(C(=O)NCC(=O)O)CC1=O. The Morgan fingerprint density at radius 3 is 2.72 bits per heavy atom. The minimum atomic E-state index is -1.08. The molecule has 1 amide bonds. The van der Waals surface area contributed by atoms with Crippen LogP contribution in [0.15, 0.2) is 0 Å². The molecule has 18 heavy (non-hydrogen) atoms. The Balaban J connectivity index is 2.61. The molecule has 1 aliphatic rings. The zero-order valence-corrected chi connectivity index (χ0v) is 12.0. The highest BCUT2D eigenvalue weighted by molar-refractivity contribution is 8.76. The number of Topliss-reactive ketones (excluding diaryl/α,β-unsaturated/α-hetero) is 1. The maximum atomic E-state index is 12.0. The van der Waals surface area contributed by atoms with E-state index in [0.29, 0.717) is 5.75 Å². The number of rotatable bonds is 3. The van der Waals surface area contributed by atoms with E-state index >= 15 is 0 Å². The average Bonchev–Trinajstić information content (AvgIpc) is 2.27. The Labute approximate surface area is 114 Å². The summed E-state index contributed by atoms with van der Waals surface area (Å²) < 4.78 is 0. The molecule has 1 rings (SSSR count). The summed E-state index contributed by atoms with van der Waals surface area (Å²) in [6, 6.07) is 0. The number of carbonyl (C=O) groups is 3. The fourth-order valence-electron chi connectivity index (χ4n) is 1.43. The van der Waals surface area contributed by atoms with E-state index < -0.39 is 23.8 Å². The van der Waals surface area contributed by atoms with Crippen molar-refractivity contribution in [3.8, 4) is 0 Å². The number of aliphatic carboxylic acids is 1. The Morgan fingerprint density at radius 2 is 2.11 bits per heavy atom. The fourth-order valence-corrected chi connectivity index (χ4v) is 4.42. The first-order chi connectivity index (χ1) is 8.33. The lowest BCUT2D eigenvalue weighted by Gasteiger charge is -2.27. The molecule has 0 saturated carbocycles. The van der Waals surface area contributed by atoms with Crippen LogP contribution in [0.5, 0.6) is 0 Å². The molecule has 1 aliphatic heterocycles. The number of carboxylic acids is 1. The predicted molar refractivity (Wildman–Crippen MR) is 72.5 cm³/mol. The number of nitrogens with one attached hydrogen (secondary N) is 1. The van der Waals surface area contributed by atoms with Crippen molar-refractivity contribution < 1.29 is 19.5 Å². The molecule has 5 nitrogen and oxygen atoms in total. The maximum absolute atomic E-state index is 12.0. The number of ketones is 1. The topological polar surface area (TPSA) is 83.5 Å². The Kier molecular flexibility index (Phi) is 5.52. The Bertz CT molecular complexity index is 357. The van der Waals surface area contributed by atoms with Crippen molar-refractivity contribution in [2.24, 2.45) is 11.3 Å². The number of carbonyl (C=O) groups excluding carboxylic acids is 2. The molecule has 1 saturated heterocycles. The van der Waals surface area contributed by atoms with Crippen molar-refractivity contribution in [1.82, 2.24) is 5.32 Å². The lowest BCUT2D eigenvalue weighted by Crippen LogP contribution is -2.39. The van der Waals surface area contributed by atoms with Gasteiger partial charge in [-0.25, -0.2) is 0 Å². The zero-order valence-electron chi connectivity index (χ0n) is 10.4. The summed E-state index contributed by atoms with van der Waals surface area (Å²) in [5, 5.41) is 10.8. The summed E-state index contributed by atoms with van der Waals surface area (Å²) in [6.45, 7) is 3.35. The van der Waals surface area contributed by atoms with Crippen LogP contribution in [0.2, 0.25) is 0 Å². The van der Waals surface area contributed by atoms with Gasteiger partial charge in [0.25, 0.3) is 0 Å². The zero-order chi connectivity index (χ0) is 13.8. The molecule has 0 bridgehead atoms. The van der Waals surface area contributed by atoms with Crippen LogP contribution in [0.4, 0.5) is 0 Å². The van der Waals surface area contributed by atoms with Crippen molar-refractivity contribution in [1.29, 1.82) is 0 Å². The van der Waals surface area contributed by atoms with E-state index in [-0.39, 0.29) is 18.1 Å². The molecule has 0 aromatic heterocycles. The van der Waals surface area contributed by atoms with Gasteiger partial charge in [-0.3, -0.25) is 14.4 Å². The van der Waals surface area contributed by atoms with Crippen LogP contribution < -0.4 is 5.32 Å². The van der Waals surface area contributed by atoms with Gasteiger partial charge in [0, 0.05) is 23.3 Å². The largest absolute Gasteiger partial charge is 0.480 e. The van der Waals surface area contributed by atoms with Gasteiger partial charge < -0.3 is 10.4 Å². The van der Waals surface area contributed by atoms with Crippen molar-refractivity contribution in [3.63, 3.8) is 0 Å². The monoisotopic (exact) mass is 291 g/mol. The van der Waals surface area contributed by atoms with E-state index in [4.69, 9.17) is 5.11 Å². The Hall–Kier alpha value is -0.690. The molecule has 2 N–H and O–H groups in total. The second kappa shape index (κ2) is 6.47. The van der Waals surface area contributed by atoms with E-state index in [1.54, 1.807) is 21.6 Å². The number of hydrogen-bond acceptors (Lipinski definition) is 5. The van der Waals surface area contributed by atoms with Crippen LogP contribution >= 0.6 is 21.6 Å². The van der Waals surface area contributed by atoms with Gasteiger partial charge in [-0.2, -0.15) is 0 Å². The highest BCUT2D eigenvalue weighted by atomic mass is 33.1.